The third kappa shape index (κ3) is 3.45. The lowest BCUT2D eigenvalue weighted by Gasteiger charge is -2.50. The molecule has 0 aromatic heterocycles. The molecule has 6 unspecified atom stereocenters. The molecule has 0 aromatic rings. The summed E-state index contributed by atoms with van der Waals surface area (Å²) in [6, 6.07) is 0. The summed E-state index contributed by atoms with van der Waals surface area (Å²) < 4.78 is 99.9. The van der Waals surface area contributed by atoms with Crippen LogP contribution >= 0.6 is 0 Å². The van der Waals surface area contributed by atoms with Gasteiger partial charge in [0.1, 0.15) is 5.78 Å². The molecule has 0 radical (unpaired) electrons. The maximum absolute atomic E-state index is 13.6. The number of hydrogen-bond acceptors (Lipinski definition) is 5. The van der Waals surface area contributed by atoms with E-state index in [9.17, 15) is 40.0 Å². The minimum absolute atomic E-state index is 0.0596. The van der Waals surface area contributed by atoms with E-state index >= 15 is 0 Å². The lowest BCUT2D eigenvalue weighted by molar-refractivity contribution is -0.262. The second kappa shape index (κ2) is 6.36. The monoisotopic (exact) mass is 420 g/mol. The van der Waals surface area contributed by atoms with Gasteiger partial charge in [0.25, 0.3) is 6.10 Å². The third-order valence-electron chi connectivity index (χ3n) is 5.94. The standard InChI is InChI=1S/C15H17F5O6S/c16-14(17,18)13(15(19,20)27(23,24)25)26-12(22)10-5-7-3-6-1-2-8(10)9(4-6)11(7)21/h6-10,13H,1-5H2,(H,23,24,25). The number of ether oxygens (including phenoxy) is 1. The first-order valence-corrected chi connectivity index (χ1v) is 9.83. The summed E-state index contributed by atoms with van der Waals surface area (Å²) in [7, 11) is -6.48. The highest BCUT2D eigenvalue weighted by molar-refractivity contribution is 7.86. The first-order valence-electron chi connectivity index (χ1n) is 8.39. The van der Waals surface area contributed by atoms with Crippen molar-refractivity contribution in [2.45, 2.75) is 49.6 Å². The summed E-state index contributed by atoms with van der Waals surface area (Å²) in [5.41, 5.74) is 0. The molecule has 3 aliphatic rings. The Balaban J connectivity index is 1.85. The molecule has 27 heavy (non-hydrogen) atoms. The second-order valence-corrected chi connectivity index (χ2v) is 9.02. The van der Waals surface area contributed by atoms with Crippen LogP contribution in [0, 0.1) is 29.6 Å². The van der Waals surface area contributed by atoms with Crippen molar-refractivity contribution < 1.29 is 49.2 Å². The van der Waals surface area contributed by atoms with Crippen molar-refractivity contribution in [1.29, 1.82) is 0 Å². The van der Waals surface area contributed by atoms with Crippen LogP contribution in [0.15, 0.2) is 0 Å². The van der Waals surface area contributed by atoms with Gasteiger partial charge in [0.05, 0.1) is 5.92 Å². The average molecular weight is 420 g/mol. The normalized spacial score (nSPS) is 35.0. The molecule has 3 bridgehead atoms. The van der Waals surface area contributed by atoms with E-state index in [-0.39, 0.29) is 12.2 Å². The predicted molar refractivity (Wildman–Crippen MR) is 78.0 cm³/mol. The lowest BCUT2D eigenvalue weighted by Crippen LogP contribution is -2.55. The third-order valence-corrected chi connectivity index (χ3v) is 6.84. The SMILES string of the molecule is O=C(OC(C(F)(F)F)C(F)(F)S(=O)(=O)O)C1CC2CC3CCC1C(C3)C2=O. The van der Waals surface area contributed by atoms with Crippen molar-refractivity contribution in [3.8, 4) is 0 Å². The number of hydrogen-bond donors (Lipinski definition) is 1. The van der Waals surface area contributed by atoms with E-state index < -0.39 is 57.3 Å². The van der Waals surface area contributed by atoms with E-state index in [1.807, 2.05) is 0 Å². The molecule has 12 heteroatoms. The molecule has 6 atom stereocenters. The molecule has 3 saturated carbocycles. The van der Waals surface area contributed by atoms with E-state index in [0.717, 1.165) is 0 Å². The van der Waals surface area contributed by atoms with Crippen molar-refractivity contribution in [2.75, 3.05) is 0 Å². The minimum atomic E-state index is -6.48. The Morgan fingerprint density at radius 3 is 2.30 bits per heavy atom. The second-order valence-electron chi connectivity index (χ2n) is 7.52. The molecular formula is C15H17F5O6S. The van der Waals surface area contributed by atoms with E-state index in [2.05, 4.69) is 4.74 Å². The Labute approximate surface area is 151 Å². The predicted octanol–water partition coefficient (Wildman–Crippen LogP) is 2.58. The Bertz CT molecular complexity index is 746. The molecule has 6 nitrogen and oxygen atoms in total. The van der Waals surface area contributed by atoms with Crippen molar-refractivity contribution in [1.82, 2.24) is 0 Å². The molecule has 3 fully saturated rings. The molecule has 1 N–H and O–H groups in total. The molecule has 0 spiro atoms. The molecule has 3 rings (SSSR count). The molecule has 0 amide bonds. The summed E-state index contributed by atoms with van der Waals surface area (Å²) in [6.45, 7) is 0. The van der Waals surface area contributed by atoms with Crippen LogP contribution in [-0.4, -0.2) is 42.3 Å². The fourth-order valence-electron chi connectivity index (χ4n) is 4.75. The minimum Gasteiger partial charge on any atom is -0.444 e. The van der Waals surface area contributed by atoms with Gasteiger partial charge in [0.15, 0.2) is 0 Å². The maximum atomic E-state index is 13.6. The summed E-state index contributed by atoms with van der Waals surface area (Å²) >= 11 is 0. The zero-order chi connectivity index (χ0) is 20.4. The number of alkyl halides is 5. The van der Waals surface area contributed by atoms with Crippen LogP contribution in [0.1, 0.15) is 32.1 Å². The van der Waals surface area contributed by atoms with Crippen LogP contribution in [0.2, 0.25) is 0 Å². The largest absolute Gasteiger partial charge is 0.444 e. The van der Waals surface area contributed by atoms with Crippen molar-refractivity contribution >= 4 is 21.9 Å². The van der Waals surface area contributed by atoms with Crippen LogP contribution in [-0.2, 0) is 24.4 Å². The first kappa shape index (κ1) is 20.4. The van der Waals surface area contributed by atoms with Crippen molar-refractivity contribution in [2.24, 2.45) is 29.6 Å². The summed E-state index contributed by atoms with van der Waals surface area (Å²) in [5, 5.41) is -5.75. The number of carbonyl (C=O) groups excluding carboxylic acids is 2. The summed E-state index contributed by atoms with van der Waals surface area (Å²) in [4.78, 5) is 24.6. The van der Waals surface area contributed by atoms with Gasteiger partial charge in [-0.2, -0.15) is 30.4 Å². The quantitative estimate of drug-likeness (QED) is 0.427. The summed E-state index contributed by atoms with van der Waals surface area (Å²) in [5.74, 6) is -4.22. The Morgan fingerprint density at radius 2 is 1.74 bits per heavy atom. The van der Waals surface area contributed by atoms with E-state index in [1.165, 1.54) is 0 Å². The molecule has 154 valence electrons. The number of Topliss-reactive ketones (excluding diaryl/α,β-unsaturated/α-hetero) is 1. The van der Waals surface area contributed by atoms with Crippen LogP contribution in [0.4, 0.5) is 22.0 Å². The average Bonchev–Trinajstić information content (AvgIpc) is 2.49. The molecule has 0 saturated heterocycles. The van der Waals surface area contributed by atoms with Gasteiger partial charge in [-0.05, 0) is 37.5 Å². The van der Waals surface area contributed by atoms with Gasteiger partial charge in [-0.15, -0.1) is 0 Å². The van der Waals surface area contributed by atoms with E-state index in [4.69, 9.17) is 4.55 Å². The fourth-order valence-corrected chi connectivity index (χ4v) is 5.21. The molecule has 0 aliphatic heterocycles. The Kier molecular flexibility index (Phi) is 4.81. The highest BCUT2D eigenvalue weighted by Gasteiger charge is 2.66. The lowest BCUT2D eigenvalue weighted by atomic mass is 9.53. The van der Waals surface area contributed by atoms with E-state index in [1.54, 1.807) is 0 Å². The molecule has 3 aliphatic carbocycles. The van der Waals surface area contributed by atoms with Gasteiger partial charge in [-0.3, -0.25) is 14.1 Å². The topological polar surface area (TPSA) is 97.7 Å². The van der Waals surface area contributed by atoms with Crippen LogP contribution in [0.25, 0.3) is 0 Å². The molecular weight excluding hydrogens is 403 g/mol. The van der Waals surface area contributed by atoms with Crippen LogP contribution in [0.3, 0.4) is 0 Å². The van der Waals surface area contributed by atoms with Gasteiger partial charge in [-0.25, -0.2) is 0 Å². The van der Waals surface area contributed by atoms with Gasteiger partial charge in [-0.1, -0.05) is 6.42 Å². The Morgan fingerprint density at radius 1 is 1.11 bits per heavy atom. The van der Waals surface area contributed by atoms with Crippen molar-refractivity contribution in [3.63, 3.8) is 0 Å². The van der Waals surface area contributed by atoms with Gasteiger partial charge < -0.3 is 4.74 Å². The number of fused-ring (bicyclic) bond motifs is 2. The fraction of sp³-hybridized carbons (Fsp3) is 0.867. The molecule has 0 aromatic carbocycles. The van der Waals surface area contributed by atoms with Gasteiger partial charge >= 0.3 is 27.5 Å². The molecule has 0 heterocycles. The number of esters is 1. The van der Waals surface area contributed by atoms with Crippen molar-refractivity contribution in [3.05, 3.63) is 0 Å². The van der Waals surface area contributed by atoms with E-state index in [0.29, 0.717) is 31.6 Å². The highest BCUT2D eigenvalue weighted by Crippen LogP contribution is 2.53. The summed E-state index contributed by atoms with van der Waals surface area (Å²) in [6.07, 6.45) is -8.29. The Hall–Kier alpha value is -1.30. The van der Waals surface area contributed by atoms with Crippen LogP contribution in [0.5, 0.6) is 0 Å². The maximum Gasteiger partial charge on any atom is 0.432 e. The zero-order valence-electron chi connectivity index (χ0n) is 13.8. The number of ketones is 1. The number of carbonyl (C=O) groups is 2. The number of rotatable bonds is 4. The van der Waals surface area contributed by atoms with Gasteiger partial charge in [0.2, 0.25) is 0 Å². The smallest absolute Gasteiger partial charge is 0.432 e. The highest BCUT2D eigenvalue weighted by atomic mass is 32.2. The van der Waals surface area contributed by atoms with Crippen LogP contribution < -0.4 is 0 Å². The zero-order valence-corrected chi connectivity index (χ0v) is 14.6. The first-order chi connectivity index (χ1) is 12.2. The number of halogens is 5. The van der Waals surface area contributed by atoms with Gasteiger partial charge in [0, 0.05) is 11.8 Å².